The van der Waals surface area contributed by atoms with E-state index in [9.17, 15) is 14.1 Å². The average Bonchev–Trinajstić information content (AvgIpc) is 2.02. The van der Waals surface area contributed by atoms with Crippen LogP contribution in [-0.4, -0.2) is 24.9 Å². The maximum atomic E-state index is 10.7. The monoisotopic (exact) mass is 216 g/mol. The summed E-state index contributed by atoms with van der Waals surface area (Å²) in [5, 5.41) is 17.8. The Kier molecular flexibility index (Phi) is 2.87. The fourth-order valence-electron chi connectivity index (χ4n) is 1.03. The minimum absolute atomic E-state index is 0.0137. The third-order valence-corrected chi connectivity index (χ3v) is 2.53. The van der Waals surface area contributed by atoms with E-state index < -0.39 is 22.8 Å². The van der Waals surface area contributed by atoms with Crippen molar-refractivity contribution in [2.75, 3.05) is 0 Å². The molecule has 14 heavy (non-hydrogen) atoms. The Hall–Kier alpha value is -1.40. The molecule has 0 amide bonds. The largest absolute Gasteiger partial charge is 0.507 e. The molecule has 5 nitrogen and oxygen atoms in total. The molecule has 0 radical (unpaired) electrons. The zero-order valence-corrected chi connectivity index (χ0v) is 8.04. The Balaban J connectivity index is 3.42. The van der Waals surface area contributed by atoms with Gasteiger partial charge in [0.15, 0.2) is 11.1 Å². The zero-order chi connectivity index (χ0) is 10.9. The highest BCUT2D eigenvalue weighted by molar-refractivity contribution is 7.79. The van der Waals surface area contributed by atoms with Gasteiger partial charge in [-0.15, -0.1) is 0 Å². The van der Waals surface area contributed by atoms with Crippen LogP contribution in [0.2, 0.25) is 0 Å². The summed E-state index contributed by atoms with van der Waals surface area (Å²) in [4.78, 5) is 10.6. The summed E-state index contributed by atoms with van der Waals surface area (Å²) in [6, 6.07) is 2.13. The number of hydrogen-bond donors (Lipinski definition) is 3. The normalized spacial score (nSPS) is 12.4. The highest BCUT2D eigenvalue weighted by atomic mass is 32.2. The molecule has 3 N–H and O–H groups in total. The number of aromatic hydroxyl groups is 1. The summed E-state index contributed by atoms with van der Waals surface area (Å²) >= 11 is -2.25. The van der Waals surface area contributed by atoms with Gasteiger partial charge in [0.25, 0.3) is 0 Å². The minimum Gasteiger partial charge on any atom is -0.507 e. The third kappa shape index (κ3) is 1.91. The number of phenols is 1. The van der Waals surface area contributed by atoms with E-state index in [2.05, 4.69) is 0 Å². The molecular formula is C8H8O5S. The molecule has 6 heteroatoms. The molecule has 0 fully saturated rings. The van der Waals surface area contributed by atoms with Gasteiger partial charge in [-0.3, -0.25) is 0 Å². The van der Waals surface area contributed by atoms with Crippen molar-refractivity contribution in [3.63, 3.8) is 0 Å². The lowest BCUT2D eigenvalue weighted by Gasteiger charge is -2.04. The van der Waals surface area contributed by atoms with E-state index in [1.165, 1.54) is 6.92 Å². The molecule has 1 aromatic carbocycles. The van der Waals surface area contributed by atoms with Crippen LogP contribution in [0.4, 0.5) is 0 Å². The summed E-state index contributed by atoms with van der Waals surface area (Å²) in [5.74, 6) is -1.75. The molecule has 0 aromatic heterocycles. The smallest absolute Gasteiger partial charge is 0.339 e. The molecule has 1 unspecified atom stereocenters. The van der Waals surface area contributed by atoms with Crippen molar-refractivity contribution in [1.82, 2.24) is 0 Å². The number of carboxylic acid groups (broad SMARTS) is 1. The van der Waals surface area contributed by atoms with Crippen molar-refractivity contribution in [2.24, 2.45) is 0 Å². The maximum Gasteiger partial charge on any atom is 0.339 e. The van der Waals surface area contributed by atoms with E-state index in [4.69, 9.17) is 9.66 Å². The Morgan fingerprint density at radius 3 is 2.43 bits per heavy atom. The number of carboxylic acids is 1. The van der Waals surface area contributed by atoms with Gasteiger partial charge in [-0.05, 0) is 24.6 Å². The zero-order valence-electron chi connectivity index (χ0n) is 7.22. The van der Waals surface area contributed by atoms with Crippen molar-refractivity contribution in [2.45, 2.75) is 11.8 Å². The van der Waals surface area contributed by atoms with Crippen LogP contribution in [0.3, 0.4) is 0 Å². The van der Waals surface area contributed by atoms with Crippen LogP contribution in [0, 0.1) is 6.92 Å². The lowest BCUT2D eigenvalue weighted by Crippen LogP contribution is -2.01. The topological polar surface area (TPSA) is 94.8 Å². The van der Waals surface area contributed by atoms with Gasteiger partial charge in [0.05, 0.1) is 4.90 Å². The average molecular weight is 216 g/mol. The number of carbonyl (C=O) groups is 1. The molecule has 0 aliphatic heterocycles. The lowest BCUT2D eigenvalue weighted by molar-refractivity contribution is 0.0693. The number of rotatable bonds is 2. The van der Waals surface area contributed by atoms with Gasteiger partial charge in [-0.25, -0.2) is 9.00 Å². The van der Waals surface area contributed by atoms with Crippen LogP contribution >= 0.6 is 0 Å². The number of benzene rings is 1. The van der Waals surface area contributed by atoms with E-state index in [-0.39, 0.29) is 10.5 Å². The summed E-state index contributed by atoms with van der Waals surface area (Å²) < 4.78 is 19.5. The Morgan fingerprint density at radius 1 is 1.43 bits per heavy atom. The first-order valence-corrected chi connectivity index (χ1v) is 4.72. The van der Waals surface area contributed by atoms with E-state index in [0.717, 1.165) is 12.1 Å². The van der Waals surface area contributed by atoms with Crippen LogP contribution in [-0.2, 0) is 11.1 Å². The number of aryl methyl sites for hydroxylation is 1. The van der Waals surface area contributed by atoms with Gasteiger partial charge in [0.2, 0.25) is 0 Å². The van der Waals surface area contributed by atoms with E-state index in [1.54, 1.807) is 0 Å². The molecule has 0 aliphatic carbocycles. The summed E-state index contributed by atoms with van der Waals surface area (Å²) in [5.41, 5.74) is -0.0127. The quantitative estimate of drug-likeness (QED) is 0.640. The molecule has 0 heterocycles. The van der Waals surface area contributed by atoms with Crippen LogP contribution < -0.4 is 0 Å². The molecule has 0 saturated heterocycles. The molecule has 0 spiro atoms. The van der Waals surface area contributed by atoms with Crippen molar-refractivity contribution >= 4 is 17.0 Å². The molecule has 1 atom stereocenters. The lowest BCUT2D eigenvalue weighted by atomic mass is 10.1. The van der Waals surface area contributed by atoms with Crippen LogP contribution in [0.5, 0.6) is 5.75 Å². The first kappa shape index (κ1) is 10.7. The van der Waals surface area contributed by atoms with Gasteiger partial charge in [0.1, 0.15) is 11.3 Å². The highest BCUT2D eigenvalue weighted by Crippen LogP contribution is 2.23. The second-order valence-electron chi connectivity index (χ2n) is 2.69. The van der Waals surface area contributed by atoms with Crippen LogP contribution in [0.1, 0.15) is 15.9 Å². The number of hydrogen-bond acceptors (Lipinski definition) is 3. The third-order valence-electron chi connectivity index (χ3n) is 1.71. The highest BCUT2D eigenvalue weighted by Gasteiger charge is 2.14. The van der Waals surface area contributed by atoms with Gasteiger partial charge in [-0.2, -0.15) is 0 Å². The summed E-state index contributed by atoms with van der Waals surface area (Å²) in [7, 11) is 0. The van der Waals surface area contributed by atoms with Gasteiger partial charge in [-0.1, -0.05) is 0 Å². The van der Waals surface area contributed by atoms with Crippen LogP contribution in [0.15, 0.2) is 17.0 Å². The molecule has 0 saturated carbocycles. The van der Waals surface area contributed by atoms with E-state index >= 15 is 0 Å². The second kappa shape index (κ2) is 3.77. The molecule has 76 valence electrons. The molecule has 0 bridgehead atoms. The van der Waals surface area contributed by atoms with Crippen molar-refractivity contribution in [1.29, 1.82) is 0 Å². The Morgan fingerprint density at radius 2 is 2.00 bits per heavy atom. The van der Waals surface area contributed by atoms with E-state index in [1.807, 2.05) is 0 Å². The maximum absolute atomic E-state index is 10.7. The molecule has 1 rings (SSSR count). The molecule has 0 aliphatic rings. The van der Waals surface area contributed by atoms with Crippen molar-refractivity contribution in [3.8, 4) is 5.75 Å². The standard InChI is InChI=1S/C8H8O5S/c1-4-2-6(9)5(8(10)11)3-7(4)14(12)13/h2-3,9H,1H3,(H,10,11)(H,12,13). The summed E-state index contributed by atoms with van der Waals surface area (Å²) in [6.45, 7) is 1.51. The van der Waals surface area contributed by atoms with Crippen molar-refractivity contribution < 1.29 is 23.8 Å². The Labute approximate surface area is 82.3 Å². The fourth-order valence-corrected chi connectivity index (χ4v) is 1.59. The minimum atomic E-state index is -2.25. The predicted molar refractivity (Wildman–Crippen MR) is 48.8 cm³/mol. The van der Waals surface area contributed by atoms with Gasteiger partial charge >= 0.3 is 5.97 Å². The summed E-state index contributed by atoms with van der Waals surface area (Å²) in [6.07, 6.45) is 0. The Bertz CT molecular complexity index is 377. The van der Waals surface area contributed by atoms with Crippen LogP contribution in [0.25, 0.3) is 0 Å². The first-order chi connectivity index (χ1) is 6.43. The van der Waals surface area contributed by atoms with E-state index in [0.29, 0.717) is 5.56 Å². The predicted octanol–water partition coefficient (Wildman–Crippen LogP) is 0.979. The SMILES string of the molecule is Cc1cc(O)c(C(=O)O)cc1S(=O)O. The van der Waals surface area contributed by atoms with Gasteiger partial charge < -0.3 is 14.8 Å². The fraction of sp³-hybridized carbons (Fsp3) is 0.125. The second-order valence-corrected chi connectivity index (χ2v) is 3.63. The first-order valence-electron chi connectivity index (χ1n) is 3.61. The van der Waals surface area contributed by atoms with Gasteiger partial charge in [0, 0.05) is 0 Å². The molecule has 1 aromatic rings. The van der Waals surface area contributed by atoms with Crippen molar-refractivity contribution in [3.05, 3.63) is 23.3 Å². The number of aromatic carboxylic acids is 1. The molecular weight excluding hydrogens is 208 g/mol.